The van der Waals surface area contributed by atoms with Gasteiger partial charge in [0.25, 0.3) is 5.97 Å². The number of aliphatic hydroxyl groups excluding tert-OH is 1. The summed E-state index contributed by atoms with van der Waals surface area (Å²) in [5, 5.41) is 15.0. The van der Waals surface area contributed by atoms with Crippen molar-refractivity contribution in [2.75, 3.05) is 6.61 Å². The van der Waals surface area contributed by atoms with Crippen molar-refractivity contribution in [3.05, 3.63) is 0 Å². The van der Waals surface area contributed by atoms with Crippen molar-refractivity contribution in [1.29, 1.82) is 0 Å². The van der Waals surface area contributed by atoms with E-state index in [9.17, 15) is 0 Å². The van der Waals surface area contributed by atoms with E-state index in [1.807, 2.05) is 0 Å². The number of carboxylic acids is 1. The smallest absolute Gasteiger partial charge is 0.300 e. The lowest BCUT2D eigenvalue weighted by atomic mass is 10.2. The molecule has 0 spiro atoms. The first-order chi connectivity index (χ1) is 6.56. The molecule has 0 fully saturated rings. The van der Waals surface area contributed by atoms with E-state index in [0.29, 0.717) is 0 Å². The maximum atomic E-state index is 9.00. The molecule has 0 radical (unpaired) electrons. The van der Waals surface area contributed by atoms with E-state index < -0.39 is 5.97 Å². The molecule has 0 aromatic rings. The molecule has 0 rings (SSSR count). The van der Waals surface area contributed by atoms with Crippen LogP contribution in [0, 0.1) is 0 Å². The van der Waals surface area contributed by atoms with Gasteiger partial charge in [-0.25, -0.2) is 0 Å². The fourth-order valence-corrected chi connectivity index (χ4v) is 0.677. The summed E-state index contributed by atoms with van der Waals surface area (Å²) in [7, 11) is 0. The fraction of sp³-hybridized carbons (Fsp3) is 0.909. The van der Waals surface area contributed by atoms with Gasteiger partial charge in [0.1, 0.15) is 0 Å². The molecule has 3 nitrogen and oxygen atoms in total. The second kappa shape index (κ2) is 22.9. The van der Waals surface area contributed by atoms with E-state index in [0.717, 1.165) is 6.92 Å². The Labute approximate surface area is 88.2 Å². The number of hydrogen-bond acceptors (Lipinski definition) is 2. The van der Waals surface area contributed by atoms with Crippen molar-refractivity contribution in [2.45, 2.75) is 59.8 Å². The fourth-order valence-electron chi connectivity index (χ4n) is 0.677. The highest BCUT2D eigenvalue weighted by Gasteiger charge is 1.80. The standard InChI is InChI=1S/C7H16.C2H4O2.C2H6O/c1-3-5-7-6-4-2;1-2(3)4;1-2-3/h3-7H2,1-2H3;1H3,(H,3,4);3H,2H2,1H3. The number of carbonyl (C=O) groups is 1. The third-order valence-corrected chi connectivity index (χ3v) is 1.21. The van der Waals surface area contributed by atoms with Crippen LogP contribution in [-0.4, -0.2) is 22.8 Å². The lowest BCUT2D eigenvalue weighted by Gasteiger charge is -1.90. The predicted octanol–water partition coefficient (Wildman–Crippen LogP) is 3.07. The van der Waals surface area contributed by atoms with E-state index in [1.165, 1.54) is 32.1 Å². The van der Waals surface area contributed by atoms with Crippen LogP contribution < -0.4 is 0 Å². The monoisotopic (exact) mass is 206 g/mol. The summed E-state index contributed by atoms with van der Waals surface area (Å²) >= 11 is 0. The van der Waals surface area contributed by atoms with Crippen molar-refractivity contribution < 1.29 is 15.0 Å². The summed E-state index contributed by atoms with van der Waals surface area (Å²) in [6.07, 6.45) is 7.01. The third kappa shape index (κ3) is 106. The SMILES string of the molecule is CC(=O)O.CCCCCCC.CCO. The van der Waals surface area contributed by atoms with Gasteiger partial charge in [0, 0.05) is 13.5 Å². The van der Waals surface area contributed by atoms with Crippen molar-refractivity contribution in [2.24, 2.45) is 0 Å². The van der Waals surface area contributed by atoms with Gasteiger partial charge in [-0.05, 0) is 6.92 Å². The molecule has 0 atom stereocenters. The summed E-state index contributed by atoms with van der Waals surface area (Å²) in [5.74, 6) is -0.833. The molecule has 0 aliphatic rings. The number of aliphatic carboxylic acids is 1. The molecule has 0 heterocycles. The first kappa shape index (κ1) is 19.1. The van der Waals surface area contributed by atoms with Crippen LogP contribution in [0.1, 0.15) is 59.8 Å². The second-order valence-corrected chi connectivity index (χ2v) is 2.90. The number of aliphatic hydroxyl groups is 1. The molecule has 2 N–H and O–H groups in total. The van der Waals surface area contributed by atoms with Crippen molar-refractivity contribution >= 4 is 5.97 Å². The van der Waals surface area contributed by atoms with Gasteiger partial charge in [0.2, 0.25) is 0 Å². The minimum atomic E-state index is -0.833. The maximum absolute atomic E-state index is 9.00. The van der Waals surface area contributed by atoms with E-state index >= 15 is 0 Å². The second-order valence-electron chi connectivity index (χ2n) is 2.90. The average Bonchev–Trinajstić information content (AvgIpc) is 2.06. The van der Waals surface area contributed by atoms with Gasteiger partial charge in [-0.2, -0.15) is 0 Å². The summed E-state index contributed by atoms with van der Waals surface area (Å²) in [5.41, 5.74) is 0. The zero-order valence-electron chi connectivity index (χ0n) is 10.0. The summed E-state index contributed by atoms with van der Waals surface area (Å²) in [4.78, 5) is 9.00. The molecule has 3 heteroatoms. The molecule has 0 unspecified atom stereocenters. The Balaban J connectivity index is -0.000000147. The number of carboxylic acid groups (broad SMARTS) is 1. The molecule has 88 valence electrons. The molecule has 0 saturated carbocycles. The van der Waals surface area contributed by atoms with E-state index in [2.05, 4.69) is 13.8 Å². The van der Waals surface area contributed by atoms with E-state index in [4.69, 9.17) is 15.0 Å². The highest BCUT2D eigenvalue weighted by atomic mass is 16.4. The Morgan fingerprint density at radius 1 is 1.00 bits per heavy atom. The van der Waals surface area contributed by atoms with Crippen LogP contribution in [0.5, 0.6) is 0 Å². The van der Waals surface area contributed by atoms with Crippen molar-refractivity contribution in [3.8, 4) is 0 Å². The molecule has 0 aromatic carbocycles. The summed E-state index contributed by atoms with van der Waals surface area (Å²) in [6, 6.07) is 0. The van der Waals surface area contributed by atoms with Crippen molar-refractivity contribution in [1.82, 2.24) is 0 Å². The van der Waals surface area contributed by atoms with Crippen LogP contribution in [0.15, 0.2) is 0 Å². The van der Waals surface area contributed by atoms with Gasteiger partial charge in [0.15, 0.2) is 0 Å². The lowest BCUT2D eigenvalue weighted by Crippen LogP contribution is -1.78. The van der Waals surface area contributed by atoms with Crippen molar-refractivity contribution in [3.63, 3.8) is 0 Å². The molecule has 0 aromatic heterocycles. The van der Waals surface area contributed by atoms with Crippen LogP contribution in [0.3, 0.4) is 0 Å². The van der Waals surface area contributed by atoms with Gasteiger partial charge in [-0.3, -0.25) is 4.79 Å². The van der Waals surface area contributed by atoms with Gasteiger partial charge in [-0.1, -0.05) is 46.0 Å². The minimum Gasteiger partial charge on any atom is -0.481 e. The van der Waals surface area contributed by atoms with Crippen LogP contribution in [-0.2, 0) is 4.79 Å². The molecule has 0 aliphatic heterocycles. The highest BCUT2D eigenvalue weighted by molar-refractivity contribution is 5.62. The molecule has 0 bridgehead atoms. The Hall–Kier alpha value is -0.570. The number of rotatable bonds is 4. The summed E-state index contributed by atoms with van der Waals surface area (Å²) in [6.45, 7) is 7.51. The quantitative estimate of drug-likeness (QED) is 0.695. The van der Waals surface area contributed by atoms with Gasteiger partial charge < -0.3 is 10.2 Å². The topological polar surface area (TPSA) is 57.5 Å². The normalized spacial score (nSPS) is 7.79. The first-order valence-electron chi connectivity index (χ1n) is 5.37. The molecular weight excluding hydrogens is 180 g/mol. The minimum absolute atomic E-state index is 0.250. The zero-order chi connectivity index (χ0) is 11.8. The van der Waals surface area contributed by atoms with Crippen LogP contribution >= 0.6 is 0 Å². The summed E-state index contributed by atoms with van der Waals surface area (Å²) < 4.78 is 0. The van der Waals surface area contributed by atoms with E-state index in [1.54, 1.807) is 6.92 Å². The molecular formula is C11H26O3. The Morgan fingerprint density at radius 3 is 1.36 bits per heavy atom. The average molecular weight is 206 g/mol. The third-order valence-electron chi connectivity index (χ3n) is 1.21. The molecule has 0 aliphatic carbocycles. The zero-order valence-corrected chi connectivity index (χ0v) is 10.0. The Kier molecular flexibility index (Phi) is 31.1. The first-order valence-corrected chi connectivity index (χ1v) is 5.37. The van der Waals surface area contributed by atoms with Crippen LogP contribution in [0.2, 0.25) is 0 Å². The van der Waals surface area contributed by atoms with E-state index in [-0.39, 0.29) is 6.61 Å². The predicted molar refractivity (Wildman–Crippen MR) is 60.5 cm³/mol. The lowest BCUT2D eigenvalue weighted by molar-refractivity contribution is -0.134. The van der Waals surface area contributed by atoms with Gasteiger partial charge >= 0.3 is 0 Å². The molecule has 0 saturated heterocycles. The highest BCUT2D eigenvalue weighted by Crippen LogP contribution is 2.00. The Bertz CT molecular complexity index is 84.5. The number of unbranched alkanes of at least 4 members (excludes halogenated alkanes) is 4. The van der Waals surface area contributed by atoms with Crippen LogP contribution in [0.25, 0.3) is 0 Å². The number of hydrogen-bond donors (Lipinski definition) is 2. The molecule has 14 heavy (non-hydrogen) atoms. The Morgan fingerprint density at radius 2 is 1.21 bits per heavy atom. The largest absolute Gasteiger partial charge is 0.481 e. The van der Waals surface area contributed by atoms with Crippen LogP contribution in [0.4, 0.5) is 0 Å². The van der Waals surface area contributed by atoms with Gasteiger partial charge in [-0.15, -0.1) is 0 Å². The van der Waals surface area contributed by atoms with Gasteiger partial charge in [0.05, 0.1) is 0 Å². The maximum Gasteiger partial charge on any atom is 0.300 e. The molecule has 0 amide bonds.